The first-order valence-corrected chi connectivity index (χ1v) is 9.21. The summed E-state index contributed by atoms with van der Waals surface area (Å²) in [6, 6.07) is 14.7. The number of benzene rings is 2. The van der Waals surface area contributed by atoms with Crippen molar-refractivity contribution < 1.29 is 4.79 Å². The Morgan fingerprint density at radius 1 is 1.00 bits per heavy atom. The van der Waals surface area contributed by atoms with E-state index in [1.807, 2.05) is 12.1 Å². The Morgan fingerprint density at radius 2 is 1.62 bits per heavy atom. The van der Waals surface area contributed by atoms with Crippen molar-refractivity contribution in [1.82, 2.24) is 10.2 Å². The maximum atomic E-state index is 12.2. The Balaban J connectivity index is 1.54. The van der Waals surface area contributed by atoms with Gasteiger partial charge in [0.15, 0.2) is 5.11 Å². The van der Waals surface area contributed by atoms with Crippen LogP contribution in [0.1, 0.15) is 10.4 Å². The third-order valence-electron chi connectivity index (χ3n) is 4.33. The number of likely N-dealkylation sites (N-methyl/N-ethyl adjacent to an activating group) is 1. The molecule has 0 saturated carbocycles. The predicted octanol–water partition coefficient (Wildman–Crippen LogP) is 3.22. The van der Waals surface area contributed by atoms with E-state index in [4.69, 9.17) is 23.8 Å². The van der Waals surface area contributed by atoms with Gasteiger partial charge in [-0.15, -0.1) is 0 Å². The number of thiocarbonyl (C=S) groups is 1. The number of rotatable bonds is 3. The van der Waals surface area contributed by atoms with E-state index in [1.54, 1.807) is 24.3 Å². The molecule has 136 valence electrons. The first kappa shape index (κ1) is 18.6. The molecule has 2 N–H and O–H groups in total. The number of hydrogen-bond acceptors (Lipinski definition) is 4. The van der Waals surface area contributed by atoms with Gasteiger partial charge in [-0.05, 0) is 67.8 Å². The van der Waals surface area contributed by atoms with E-state index in [-0.39, 0.29) is 11.0 Å². The fraction of sp³-hybridized carbons (Fsp3) is 0.263. The zero-order valence-corrected chi connectivity index (χ0v) is 16.1. The van der Waals surface area contributed by atoms with Crippen molar-refractivity contribution in [3.8, 4) is 0 Å². The highest BCUT2D eigenvalue weighted by Crippen LogP contribution is 2.19. The number of halogens is 1. The predicted molar refractivity (Wildman–Crippen MR) is 111 cm³/mol. The lowest BCUT2D eigenvalue weighted by Gasteiger charge is -2.34. The number of amides is 1. The second kappa shape index (κ2) is 8.49. The van der Waals surface area contributed by atoms with Crippen LogP contribution in [0.3, 0.4) is 0 Å². The minimum absolute atomic E-state index is 0.261. The lowest BCUT2D eigenvalue weighted by Crippen LogP contribution is -2.44. The van der Waals surface area contributed by atoms with E-state index in [0.29, 0.717) is 10.6 Å². The molecule has 0 bridgehead atoms. The van der Waals surface area contributed by atoms with Gasteiger partial charge in [0, 0.05) is 48.1 Å². The lowest BCUT2D eigenvalue weighted by atomic mass is 10.2. The molecule has 0 radical (unpaired) electrons. The van der Waals surface area contributed by atoms with Crippen molar-refractivity contribution >= 4 is 46.2 Å². The van der Waals surface area contributed by atoms with Gasteiger partial charge in [-0.1, -0.05) is 11.6 Å². The number of carbonyl (C=O) groups excluding carboxylic acids is 1. The van der Waals surface area contributed by atoms with Gasteiger partial charge in [-0.3, -0.25) is 10.1 Å². The molecule has 1 saturated heterocycles. The standard InChI is InChI=1S/C19H21ClN4OS/c1-23-10-12-24(13-11-23)17-8-6-16(7-9-17)21-19(26)22-18(25)14-2-4-15(20)5-3-14/h2-9H,10-13H2,1H3,(H2,21,22,25,26). The number of carbonyl (C=O) groups is 1. The van der Waals surface area contributed by atoms with Crippen LogP contribution in [0.25, 0.3) is 0 Å². The summed E-state index contributed by atoms with van der Waals surface area (Å²) in [7, 11) is 2.14. The molecule has 1 amide bonds. The summed E-state index contributed by atoms with van der Waals surface area (Å²) >= 11 is 11.1. The quantitative estimate of drug-likeness (QED) is 0.790. The van der Waals surface area contributed by atoms with Gasteiger partial charge < -0.3 is 15.1 Å². The molecule has 2 aromatic carbocycles. The van der Waals surface area contributed by atoms with E-state index in [0.717, 1.165) is 31.9 Å². The van der Waals surface area contributed by atoms with E-state index in [1.165, 1.54) is 5.69 Å². The van der Waals surface area contributed by atoms with Crippen LogP contribution in [0.2, 0.25) is 5.02 Å². The van der Waals surface area contributed by atoms with Gasteiger partial charge in [0.25, 0.3) is 5.91 Å². The molecular formula is C19H21ClN4OS. The van der Waals surface area contributed by atoms with Gasteiger partial charge in [0.05, 0.1) is 0 Å². The summed E-state index contributed by atoms with van der Waals surface area (Å²) in [4.78, 5) is 16.8. The van der Waals surface area contributed by atoms with Crippen LogP contribution in [0.5, 0.6) is 0 Å². The average Bonchev–Trinajstić information content (AvgIpc) is 2.63. The minimum Gasteiger partial charge on any atom is -0.369 e. The van der Waals surface area contributed by atoms with Crippen LogP contribution in [-0.4, -0.2) is 49.1 Å². The monoisotopic (exact) mass is 388 g/mol. The first-order valence-electron chi connectivity index (χ1n) is 8.43. The third kappa shape index (κ3) is 4.94. The molecule has 3 rings (SSSR count). The van der Waals surface area contributed by atoms with Gasteiger partial charge in [0.1, 0.15) is 0 Å². The van der Waals surface area contributed by atoms with Crippen LogP contribution in [0.15, 0.2) is 48.5 Å². The Kier molecular flexibility index (Phi) is 6.08. The van der Waals surface area contributed by atoms with Crippen molar-refractivity contribution in [2.24, 2.45) is 0 Å². The van der Waals surface area contributed by atoms with Crippen molar-refractivity contribution in [2.45, 2.75) is 0 Å². The molecule has 1 aliphatic heterocycles. The van der Waals surface area contributed by atoms with Gasteiger partial charge >= 0.3 is 0 Å². The SMILES string of the molecule is CN1CCN(c2ccc(NC(=S)NC(=O)c3ccc(Cl)cc3)cc2)CC1. The number of nitrogens with one attached hydrogen (secondary N) is 2. The Bertz CT molecular complexity index is 771. The van der Waals surface area contributed by atoms with E-state index >= 15 is 0 Å². The van der Waals surface area contributed by atoms with E-state index < -0.39 is 0 Å². The van der Waals surface area contributed by atoms with Crippen LogP contribution >= 0.6 is 23.8 Å². The number of hydrogen-bond donors (Lipinski definition) is 2. The summed E-state index contributed by atoms with van der Waals surface area (Å²) in [5, 5.41) is 6.55. The summed E-state index contributed by atoms with van der Waals surface area (Å²) in [6.07, 6.45) is 0. The van der Waals surface area contributed by atoms with Crippen LogP contribution in [0, 0.1) is 0 Å². The van der Waals surface area contributed by atoms with Gasteiger partial charge in [-0.2, -0.15) is 0 Å². The summed E-state index contributed by atoms with van der Waals surface area (Å²) in [5.74, 6) is -0.270. The van der Waals surface area contributed by atoms with Crippen LogP contribution < -0.4 is 15.5 Å². The molecule has 0 atom stereocenters. The number of anilines is 2. The fourth-order valence-corrected chi connectivity index (χ4v) is 3.10. The largest absolute Gasteiger partial charge is 0.369 e. The average molecular weight is 389 g/mol. The Morgan fingerprint density at radius 3 is 2.23 bits per heavy atom. The van der Waals surface area contributed by atoms with Crippen LogP contribution in [-0.2, 0) is 0 Å². The zero-order valence-electron chi connectivity index (χ0n) is 14.5. The van der Waals surface area contributed by atoms with Crippen molar-refractivity contribution in [2.75, 3.05) is 43.4 Å². The highest BCUT2D eigenvalue weighted by atomic mass is 35.5. The summed E-state index contributed by atoms with van der Waals surface area (Å²) in [5.41, 5.74) is 2.54. The van der Waals surface area contributed by atoms with Gasteiger partial charge in [-0.25, -0.2) is 0 Å². The van der Waals surface area contributed by atoms with Crippen LogP contribution in [0.4, 0.5) is 11.4 Å². The topological polar surface area (TPSA) is 47.6 Å². The summed E-state index contributed by atoms with van der Waals surface area (Å²) < 4.78 is 0. The molecule has 0 aliphatic carbocycles. The maximum absolute atomic E-state index is 12.2. The van der Waals surface area contributed by atoms with E-state index in [9.17, 15) is 4.79 Å². The Hall–Kier alpha value is -2.15. The molecule has 1 aliphatic rings. The molecule has 0 aromatic heterocycles. The Labute approximate surface area is 163 Å². The van der Waals surface area contributed by atoms with E-state index in [2.05, 4.69) is 39.6 Å². The molecular weight excluding hydrogens is 368 g/mol. The maximum Gasteiger partial charge on any atom is 0.257 e. The molecule has 7 heteroatoms. The fourth-order valence-electron chi connectivity index (χ4n) is 2.76. The molecule has 26 heavy (non-hydrogen) atoms. The van der Waals surface area contributed by atoms with Gasteiger partial charge in [0.2, 0.25) is 0 Å². The molecule has 1 fully saturated rings. The molecule has 0 unspecified atom stereocenters. The number of piperazine rings is 1. The number of nitrogens with zero attached hydrogens (tertiary/aromatic N) is 2. The third-order valence-corrected chi connectivity index (χ3v) is 4.78. The minimum atomic E-state index is -0.270. The normalized spacial score (nSPS) is 14.8. The lowest BCUT2D eigenvalue weighted by molar-refractivity contribution is 0.0978. The smallest absolute Gasteiger partial charge is 0.257 e. The van der Waals surface area contributed by atoms with Crippen molar-refractivity contribution in [1.29, 1.82) is 0 Å². The molecule has 2 aromatic rings. The zero-order chi connectivity index (χ0) is 18.5. The first-order chi connectivity index (χ1) is 12.5. The molecule has 1 heterocycles. The molecule has 0 spiro atoms. The molecule has 5 nitrogen and oxygen atoms in total. The van der Waals surface area contributed by atoms with Crippen molar-refractivity contribution in [3.05, 3.63) is 59.1 Å². The highest BCUT2D eigenvalue weighted by Gasteiger charge is 2.14. The second-order valence-corrected chi connectivity index (χ2v) is 7.10. The van der Waals surface area contributed by atoms with Crippen molar-refractivity contribution in [3.63, 3.8) is 0 Å². The highest BCUT2D eigenvalue weighted by molar-refractivity contribution is 7.80. The second-order valence-electron chi connectivity index (χ2n) is 6.25. The summed E-state index contributed by atoms with van der Waals surface area (Å²) in [6.45, 7) is 4.19.